The summed E-state index contributed by atoms with van der Waals surface area (Å²) in [7, 11) is 0. The van der Waals surface area contributed by atoms with Crippen LogP contribution in [0.5, 0.6) is 28.7 Å². The standard InChI is InChI=1S/C41H32O9/c1-41(29-8-20-35(21-9-29)48-38(45)26-2-14-32(42)15-3-26,30-10-22-36(23-11-30)49-39(46)27-4-16-33(43)17-5-27)31-12-24-37(25-13-31)50-40(47)28-6-18-34(44)19-7-28/h2-12,14-25,31,42-44H,13H2,1H3. The van der Waals surface area contributed by atoms with Gasteiger partial charge in [-0.2, -0.15) is 0 Å². The Balaban J connectivity index is 1.24. The molecule has 1 unspecified atom stereocenters. The van der Waals surface area contributed by atoms with Gasteiger partial charge in [-0.3, -0.25) is 0 Å². The first-order valence-electron chi connectivity index (χ1n) is 15.7. The van der Waals surface area contributed by atoms with Gasteiger partial charge in [0.25, 0.3) is 0 Å². The molecule has 0 bridgehead atoms. The molecule has 5 aromatic carbocycles. The molecule has 1 atom stereocenters. The van der Waals surface area contributed by atoms with Crippen molar-refractivity contribution in [1.82, 2.24) is 0 Å². The average molecular weight is 669 g/mol. The van der Waals surface area contributed by atoms with Crippen LogP contribution in [0.1, 0.15) is 55.5 Å². The summed E-state index contributed by atoms with van der Waals surface area (Å²) in [6.45, 7) is 2.08. The summed E-state index contributed by atoms with van der Waals surface area (Å²) in [5, 5.41) is 28.6. The summed E-state index contributed by atoms with van der Waals surface area (Å²) in [5.74, 6) is -0.568. The van der Waals surface area contributed by atoms with Crippen LogP contribution in [-0.4, -0.2) is 33.2 Å². The highest BCUT2D eigenvalue weighted by molar-refractivity contribution is 5.92. The number of benzene rings is 5. The topological polar surface area (TPSA) is 140 Å². The maximum Gasteiger partial charge on any atom is 0.343 e. The van der Waals surface area contributed by atoms with E-state index in [2.05, 4.69) is 6.92 Å². The molecule has 0 aliphatic heterocycles. The fourth-order valence-electron chi connectivity index (χ4n) is 5.73. The highest BCUT2D eigenvalue weighted by atomic mass is 16.5. The number of phenols is 3. The minimum atomic E-state index is -0.654. The Morgan fingerprint density at radius 3 is 1.24 bits per heavy atom. The molecule has 50 heavy (non-hydrogen) atoms. The van der Waals surface area contributed by atoms with Crippen LogP contribution in [0.25, 0.3) is 0 Å². The zero-order chi connectivity index (χ0) is 35.3. The van der Waals surface area contributed by atoms with Crippen LogP contribution in [0.15, 0.2) is 145 Å². The molecule has 1 aliphatic rings. The van der Waals surface area contributed by atoms with Gasteiger partial charge in [0, 0.05) is 5.41 Å². The van der Waals surface area contributed by atoms with Gasteiger partial charge < -0.3 is 29.5 Å². The van der Waals surface area contributed by atoms with Crippen molar-refractivity contribution >= 4 is 17.9 Å². The minimum Gasteiger partial charge on any atom is -0.508 e. The Hall–Kier alpha value is -6.61. The molecular weight excluding hydrogens is 636 g/mol. The average Bonchev–Trinajstić information content (AvgIpc) is 3.13. The van der Waals surface area contributed by atoms with Crippen molar-refractivity contribution in [3.8, 4) is 28.7 Å². The fourth-order valence-corrected chi connectivity index (χ4v) is 5.73. The van der Waals surface area contributed by atoms with E-state index in [0.29, 0.717) is 40.4 Å². The Kier molecular flexibility index (Phi) is 9.49. The Morgan fingerprint density at radius 1 is 0.540 bits per heavy atom. The lowest BCUT2D eigenvalue weighted by Crippen LogP contribution is -2.33. The van der Waals surface area contributed by atoms with Crippen molar-refractivity contribution in [2.24, 2.45) is 5.92 Å². The first kappa shape index (κ1) is 33.3. The highest BCUT2D eigenvalue weighted by Gasteiger charge is 2.37. The second-order valence-electron chi connectivity index (χ2n) is 11.9. The second-order valence-corrected chi connectivity index (χ2v) is 11.9. The molecule has 5 aromatic rings. The molecule has 0 spiro atoms. The van der Waals surface area contributed by atoms with Gasteiger partial charge >= 0.3 is 17.9 Å². The molecule has 0 saturated carbocycles. The van der Waals surface area contributed by atoms with E-state index in [0.717, 1.165) is 11.1 Å². The van der Waals surface area contributed by atoms with Crippen molar-refractivity contribution in [1.29, 1.82) is 0 Å². The molecule has 1 aliphatic carbocycles. The lowest BCUT2D eigenvalue weighted by molar-refractivity contribution is 0.0632. The third-order valence-electron chi connectivity index (χ3n) is 8.66. The number of aromatic hydroxyl groups is 3. The highest BCUT2D eigenvalue weighted by Crippen LogP contribution is 2.44. The quantitative estimate of drug-likeness (QED) is 0.106. The maximum absolute atomic E-state index is 12.7. The molecular formula is C41H32O9. The van der Waals surface area contributed by atoms with E-state index < -0.39 is 23.3 Å². The van der Waals surface area contributed by atoms with Gasteiger partial charge in [0.15, 0.2) is 0 Å². The smallest absolute Gasteiger partial charge is 0.343 e. The molecule has 3 N–H and O–H groups in total. The Labute approximate surface area is 287 Å². The maximum atomic E-state index is 12.7. The van der Waals surface area contributed by atoms with Crippen LogP contribution in [0, 0.1) is 5.92 Å². The van der Waals surface area contributed by atoms with Gasteiger partial charge in [0.2, 0.25) is 0 Å². The van der Waals surface area contributed by atoms with Crippen LogP contribution >= 0.6 is 0 Å². The predicted octanol–water partition coefficient (Wildman–Crippen LogP) is 7.86. The van der Waals surface area contributed by atoms with Crippen LogP contribution in [0.4, 0.5) is 0 Å². The third kappa shape index (κ3) is 7.42. The number of hydrogen-bond acceptors (Lipinski definition) is 9. The van der Waals surface area contributed by atoms with E-state index in [-0.39, 0.29) is 23.2 Å². The van der Waals surface area contributed by atoms with Crippen LogP contribution in [0.2, 0.25) is 0 Å². The lowest BCUT2D eigenvalue weighted by atomic mass is 9.65. The molecule has 0 saturated heterocycles. The van der Waals surface area contributed by atoms with Crippen molar-refractivity contribution < 1.29 is 43.9 Å². The van der Waals surface area contributed by atoms with Crippen LogP contribution in [-0.2, 0) is 10.2 Å². The van der Waals surface area contributed by atoms with Gasteiger partial charge in [-0.15, -0.1) is 0 Å². The third-order valence-corrected chi connectivity index (χ3v) is 8.66. The molecule has 0 heterocycles. The van der Waals surface area contributed by atoms with Crippen molar-refractivity contribution in [2.45, 2.75) is 18.8 Å². The van der Waals surface area contributed by atoms with Crippen molar-refractivity contribution in [3.63, 3.8) is 0 Å². The summed E-state index contributed by atoms with van der Waals surface area (Å²) < 4.78 is 16.8. The zero-order valence-corrected chi connectivity index (χ0v) is 26.9. The minimum absolute atomic E-state index is 0.0444. The monoisotopic (exact) mass is 668 g/mol. The molecule has 0 radical (unpaired) electrons. The van der Waals surface area contributed by atoms with E-state index in [1.54, 1.807) is 30.3 Å². The molecule has 9 heteroatoms. The number of rotatable bonds is 9. The largest absolute Gasteiger partial charge is 0.508 e. The normalized spacial score (nSPS) is 13.9. The number of phenolic OH excluding ortho intramolecular Hbond substituents is 3. The zero-order valence-electron chi connectivity index (χ0n) is 26.9. The fraction of sp³-hybridized carbons (Fsp3) is 0.0976. The summed E-state index contributed by atoms with van der Waals surface area (Å²) in [4.78, 5) is 38.1. The van der Waals surface area contributed by atoms with Crippen molar-refractivity contribution in [3.05, 3.63) is 173 Å². The van der Waals surface area contributed by atoms with Gasteiger partial charge in [0.05, 0.1) is 16.7 Å². The SMILES string of the molecule is CC(c1ccc(OC(=O)c2ccc(O)cc2)cc1)(c1ccc(OC(=O)c2ccc(O)cc2)cc1)C1C=CC(OC(=O)c2ccc(O)cc2)=CC1. The van der Waals surface area contributed by atoms with Gasteiger partial charge in [-0.05, 0) is 133 Å². The number of esters is 3. The van der Waals surface area contributed by atoms with E-state index in [4.69, 9.17) is 14.2 Å². The number of hydrogen-bond donors (Lipinski definition) is 3. The van der Waals surface area contributed by atoms with Crippen LogP contribution in [0.3, 0.4) is 0 Å². The molecule has 0 aromatic heterocycles. The number of allylic oxidation sites excluding steroid dienone is 3. The van der Waals surface area contributed by atoms with Gasteiger partial charge in [-0.1, -0.05) is 37.3 Å². The summed E-state index contributed by atoms with van der Waals surface area (Å²) in [5.41, 5.74) is 2.06. The summed E-state index contributed by atoms with van der Waals surface area (Å²) >= 11 is 0. The van der Waals surface area contributed by atoms with E-state index >= 15 is 0 Å². The first-order valence-corrected chi connectivity index (χ1v) is 15.7. The van der Waals surface area contributed by atoms with Gasteiger partial charge in [0.1, 0.15) is 34.5 Å². The number of carbonyl (C=O) groups excluding carboxylic acids is 3. The molecule has 6 rings (SSSR count). The number of ether oxygens (including phenoxy) is 3. The summed E-state index contributed by atoms with van der Waals surface area (Å²) in [6.07, 6.45) is 6.10. The molecule has 0 fully saturated rings. The van der Waals surface area contributed by atoms with Gasteiger partial charge in [-0.25, -0.2) is 14.4 Å². The van der Waals surface area contributed by atoms with Crippen LogP contribution < -0.4 is 9.47 Å². The van der Waals surface area contributed by atoms with Crippen molar-refractivity contribution in [2.75, 3.05) is 0 Å². The van der Waals surface area contributed by atoms with E-state index in [9.17, 15) is 29.7 Å². The first-order chi connectivity index (χ1) is 24.1. The van der Waals surface area contributed by atoms with E-state index in [1.807, 2.05) is 36.4 Å². The van der Waals surface area contributed by atoms with E-state index in [1.165, 1.54) is 72.8 Å². The molecule has 0 amide bonds. The summed E-state index contributed by atoms with van der Waals surface area (Å²) in [6, 6.07) is 31.8. The lowest BCUT2D eigenvalue weighted by Gasteiger charge is -2.38. The molecule has 250 valence electrons. The predicted molar refractivity (Wildman–Crippen MR) is 184 cm³/mol. The Bertz CT molecular complexity index is 1960. The molecule has 9 nitrogen and oxygen atoms in total. The Morgan fingerprint density at radius 2 is 0.900 bits per heavy atom. The number of carbonyl (C=O) groups is 3. The second kappa shape index (κ2) is 14.2.